The Morgan fingerprint density at radius 3 is 2.63 bits per heavy atom. The summed E-state index contributed by atoms with van der Waals surface area (Å²) in [5, 5.41) is 3.55. The Labute approximate surface area is 117 Å². The molecule has 0 spiro atoms. The maximum Gasteiger partial charge on any atom is 0.0826 e. The summed E-state index contributed by atoms with van der Waals surface area (Å²) in [5.41, 5.74) is 0. The minimum Gasteiger partial charge on any atom is -0.374 e. The van der Waals surface area contributed by atoms with Crippen LogP contribution in [0.4, 0.5) is 0 Å². The van der Waals surface area contributed by atoms with E-state index in [4.69, 9.17) is 4.74 Å². The van der Waals surface area contributed by atoms with Crippen LogP contribution in [0, 0.1) is 0 Å². The molecular formula is C14H30N4O. The second-order valence-electron chi connectivity index (χ2n) is 5.74. The van der Waals surface area contributed by atoms with Crippen LogP contribution in [0.3, 0.4) is 0 Å². The summed E-state index contributed by atoms with van der Waals surface area (Å²) in [4.78, 5) is 7.42. The molecule has 2 fully saturated rings. The van der Waals surface area contributed by atoms with Crippen molar-refractivity contribution in [3.05, 3.63) is 0 Å². The van der Waals surface area contributed by atoms with Gasteiger partial charge in [0.2, 0.25) is 0 Å². The number of nitrogens with one attached hydrogen (secondary N) is 1. The molecule has 0 bridgehead atoms. The number of nitrogens with zero attached hydrogens (tertiary/aromatic N) is 3. The molecule has 19 heavy (non-hydrogen) atoms. The van der Waals surface area contributed by atoms with Gasteiger partial charge in [0.15, 0.2) is 0 Å². The minimum atomic E-state index is 0.376. The monoisotopic (exact) mass is 270 g/mol. The van der Waals surface area contributed by atoms with Gasteiger partial charge in [0.25, 0.3) is 0 Å². The van der Waals surface area contributed by atoms with E-state index < -0.39 is 0 Å². The fraction of sp³-hybridized carbons (Fsp3) is 1.00. The maximum absolute atomic E-state index is 5.79. The van der Waals surface area contributed by atoms with E-state index in [0.717, 1.165) is 45.9 Å². The fourth-order valence-corrected chi connectivity index (χ4v) is 2.76. The first kappa shape index (κ1) is 15.2. The summed E-state index contributed by atoms with van der Waals surface area (Å²) in [6, 6.07) is 0. The maximum atomic E-state index is 5.79. The zero-order valence-corrected chi connectivity index (χ0v) is 12.6. The van der Waals surface area contributed by atoms with Crippen LogP contribution in [-0.4, -0.2) is 99.9 Å². The lowest BCUT2D eigenvalue weighted by Crippen LogP contribution is -2.49. The van der Waals surface area contributed by atoms with Crippen molar-refractivity contribution in [1.29, 1.82) is 0 Å². The molecule has 1 N–H and O–H groups in total. The molecule has 5 nitrogen and oxygen atoms in total. The van der Waals surface area contributed by atoms with Crippen molar-refractivity contribution in [3.63, 3.8) is 0 Å². The largest absolute Gasteiger partial charge is 0.374 e. The number of rotatable bonds is 6. The highest BCUT2D eigenvalue weighted by Crippen LogP contribution is 2.03. The number of morpholine rings is 1. The molecular weight excluding hydrogens is 240 g/mol. The summed E-state index contributed by atoms with van der Waals surface area (Å²) in [6.07, 6.45) is 0.376. The number of likely N-dealkylation sites (N-methyl/N-ethyl adjacent to an activating group) is 2. The molecule has 2 aliphatic rings. The Morgan fingerprint density at radius 2 is 1.89 bits per heavy atom. The number of ether oxygens (including phenoxy) is 1. The first-order valence-corrected chi connectivity index (χ1v) is 7.73. The van der Waals surface area contributed by atoms with Gasteiger partial charge in [0.05, 0.1) is 12.7 Å². The minimum absolute atomic E-state index is 0.376. The van der Waals surface area contributed by atoms with E-state index >= 15 is 0 Å². The van der Waals surface area contributed by atoms with Crippen molar-refractivity contribution in [3.8, 4) is 0 Å². The van der Waals surface area contributed by atoms with Crippen LogP contribution in [0.1, 0.15) is 6.92 Å². The van der Waals surface area contributed by atoms with E-state index in [1.54, 1.807) is 0 Å². The van der Waals surface area contributed by atoms with Gasteiger partial charge in [-0.2, -0.15) is 0 Å². The molecule has 2 heterocycles. The lowest BCUT2D eigenvalue weighted by Gasteiger charge is -2.33. The van der Waals surface area contributed by atoms with Crippen LogP contribution >= 0.6 is 0 Å². The van der Waals surface area contributed by atoms with Gasteiger partial charge in [-0.05, 0) is 13.6 Å². The Hall–Kier alpha value is -0.200. The van der Waals surface area contributed by atoms with Crippen molar-refractivity contribution >= 4 is 0 Å². The van der Waals surface area contributed by atoms with Crippen molar-refractivity contribution in [2.75, 3.05) is 79.1 Å². The molecule has 5 heteroatoms. The van der Waals surface area contributed by atoms with Crippen LogP contribution in [0.2, 0.25) is 0 Å². The zero-order chi connectivity index (χ0) is 13.5. The van der Waals surface area contributed by atoms with Gasteiger partial charge in [-0.3, -0.25) is 9.80 Å². The summed E-state index contributed by atoms with van der Waals surface area (Å²) < 4.78 is 5.79. The average molecular weight is 270 g/mol. The van der Waals surface area contributed by atoms with Crippen LogP contribution in [-0.2, 0) is 4.74 Å². The van der Waals surface area contributed by atoms with E-state index in [9.17, 15) is 0 Å². The smallest absolute Gasteiger partial charge is 0.0826 e. The highest BCUT2D eigenvalue weighted by Gasteiger charge is 2.19. The Kier molecular flexibility index (Phi) is 6.53. The molecule has 1 unspecified atom stereocenters. The molecule has 0 aromatic heterocycles. The summed E-state index contributed by atoms with van der Waals surface area (Å²) in [5.74, 6) is 0. The Morgan fingerprint density at radius 1 is 1.11 bits per heavy atom. The van der Waals surface area contributed by atoms with Crippen LogP contribution in [0.5, 0.6) is 0 Å². The first-order chi connectivity index (χ1) is 9.28. The second-order valence-corrected chi connectivity index (χ2v) is 5.74. The normalized spacial score (nSPS) is 27.8. The quantitative estimate of drug-likeness (QED) is 0.661. The fourth-order valence-electron chi connectivity index (χ4n) is 2.76. The standard InChI is InChI=1S/C14H30N4O/c1-3-17-10-11-19-14(13-17)12-15-4-5-18-8-6-16(2)7-9-18/h14-15H,3-13H2,1-2H3. The summed E-state index contributed by atoms with van der Waals surface area (Å²) >= 11 is 0. The van der Waals surface area contributed by atoms with E-state index in [0.29, 0.717) is 6.10 Å². The third-order valence-corrected chi connectivity index (χ3v) is 4.24. The van der Waals surface area contributed by atoms with Gasteiger partial charge in [0, 0.05) is 58.9 Å². The molecule has 0 saturated carbocycles. The number of hydrogen-bond donors (Lipinski definition) is 1. The second kappa shape index (κ2) is 8.17. The van der Waals surface area contributed by atoms with Crippen LogP contribution in [0.15, 0.2) is 0 Å². The molecule has 1 atom stereocenters. The number of hydrogen-bond acceptors (Lipinski definition) is 5. The average Bonchev–Trinajstić information content (AvgIpc) is 2.46. The van der Waals surface area contributed by atoms with E-state index in [1.807, 2.05) is 0 Å². The van der Waals surface area contributed by atoms with Crippen molar-refractivity contribution in [2.24, 2.45) is 0 Å². The molecule has 112 valence electrons. The van der Waals surface area contributed by atoms with Crippen molar-refractivity contribution in [2.45, 2.75) is 13.0 Å². The zero-order valence-electron chi connectivity index (χ0n) is 12.6. The molecule has 0 aromatic carbocycles. The van der Waals surface area contributed by atoms with Crippen LogP contribution in [0.25, 0.3) is 0 Å². The predicted octanol–water partition coefficient (Wildman–Crippen LogP) is -0.456. The Bertz CT molecular complexity index is 244. The highest BCUT2D eigenvalue weighted by atomic mass is 16.5. The molecule has 2 rings (SSSR count). The van der Waals surface area contributed by atoms with Gasteiger partial charge in [-0.15, -0.1) is 0 Å². The summed E-state index contributed by atoms with van der Waals surface area (Å²) in [7, 11) is 2.20. The SMILES string of the molecule is CCN1CCOC(CNCCN2CCN(C)CC2)C1. The van der Waals surface area contributed by atoms with Gasteiger partial charge >= 0.3 is 0 Å². The molecule has 0 aliphatic carbocycles. The lowest BCUT2D eigenvalue weighted by atomic mass is 10.2. The van der Waals surface area contributed by atoms with E-state index in [-0.39, 0.29) is 0 Å². The molecule has 2 aliphatic heterocycles. The predicted molar refractivity (Wildman–Crippen MR) is 78.7 cm³/mol. The molecule has 0 radical (unpaired) electrons. The highest BCUT2D eigenvalue weighted by molar-refractivity contribution is 4.74. The molecule has 0 aromatic rings. The third-order valence-electron chi connectivity index (χ3n) is 4.24. The third kappa shape index (κ3) is 5.36. The lowest BCUT2D eigenvalue weighted by molar-refractivity contribution is -0.0254. The van der Waals surface area contributed by atoms with Gasteiger partial charge in [-0.25, -0.2) is 0 Å². The topological polar surface area (TPSA) is 31.0 Å². The van der Waals surface area contributed by atoms with Gasteiger partial charge < -0.3 is 15.0 Å². The number of piperazine rings is 1. The van der Waals surface area contributed by atoms with Crippen LogP contribution < -0.4 is 5.32 Å². The molecule has 2 saturated heterocycles. The van der Waals surface area contributed by atoms with Crippen molar-refractivity contribution in [1.82, 2.24) is 20.0 Å². The molecule has 0 amide bonds. The van der Waals surface area contributed by atoms with E-state index in [2.05, 4.69) is 34.0 Å². The van der Waals surface area contributed by atoms with Gasteiger partial charge in [0.1, 0.15) is 0 Å². The Balaban J connectivity index is 1.52. The van der Waals surface area contributed by atoms with E-state index in [1.165, 1.54) is 26.2 Å². The van der Waals surface area contributed by atoms with Crippen molar-refractivity contribution < 1.29 is 4.74 Å². The summed E-state index contributed by atoms with van der Waals surface area (Å²) in [6.45, 7) is 14.5. The first-order valence-electron chi connectivity index (χ1n) is 7.73. The van der Waals surface area contributed by atoms with Gasteiger partial charge in [-0.1, -0.05) is 6.92 Å².